The van der Waals surface area contributed by atoms with Crippen LogP contribution in [0, 0.1) is 0 Å². The normalized spacial score (nSPS) is 10.6. The molecule has 0 amide bonds. The molecular formula is C20H12Br2Cl2O2. The van der Waals surface area contributed by atoms with Crippen LogP contribution in [0.2, 0.25) is 10.0 Å². The number of halogens is 4. The first-order chi connectivity index (χ1) is 12.3. The number of benzene rings is 4. The van der Waals surface area contributed by atoms with Crippen LogP contribution >= 0.6 is 55.1 Å². The van der Waals surface area contributed by atoms with Gasteiger partial charge in [-0.1, -0.05) is 57.3 Å². The molecule has 2 N–H and O–H groups in total. The minimum absolute atomic E-state index is 0.196. The molecule has 4 aromatic carbocycles. The van der Waals surface area contributed by atoms with E-state index in [-0.39, 0.29) is 11.5 Å². The lowest BCUT2D eigenvalue weighted by Crippen LogP contribution is -1.77. The molecule has 4 aromatic rings. The van der Waals surface area contributed by atoms with Crippen LogP contribution in [0.4, 0.5) is 0 Å². The van der Waals surface area contributed by atoms with Crippen LogP contribution in [0.25, 0.3) is 21.5 Å². The average molecular weight is 515 g/mol. The molecule has 4 rings (SSSR count). The highest BCUT2D eigenvalue weighted by molar-refractivity contribution is 9.10. The highest BCUT2D eigenvalue weighted by Gasteiger charge is 2.05. The number of phenols is 2. The number of hydrogen-bond acceptors (Lipinski definition) is 2. The van der Waals surface area contributed by atoms with Gasteiger partial charge in [-0.05, 0) is 69.2 Å². The van der Waals surface area contributed by atoms with E-state index in [0.29, 0.717) is 14.5 Å². The summed E-state index contributed by atoms with van der Waals surface area (Å²) < 4.78 is 1.59. The maximum Gasteiger partial charge on any atom is 0.130 e. The van der Waals surface area contributed by atoms with Gasteiger partial charge in [0.15, 0.2) is 0 Å². The summed E-state index contributed by atoms with van der Waals surface area (Å²) in [5.74, 6) is 0.442. The number of rotatable bonds is 0. The molecule has 0 saturated carbocycles. The van der Waals surface area contributed by atoms with Gasteiger partial charge >= 0.3 is 0 Å². The standard InChI is InChI=1S/C10H5Br2ClO.C10H7ClO/c11-6-1-5-2-8(12)10(14)4-7(5)9(13)3-6;11-10-3-1-2-7-4-5-8(12)6-9(7)10/h1-4,14H;1-6,12H. The number of phenolic OH excluding ortho intramolecular Hbond substituents is 2. The molecule has 0 bridgehead atoms. The molecule has 0 heterocycles. The molecule has 0 aliphatic carbocycles. The molecule has 0 radical (unpaired) electrons. The summed E-state index contributed by atoms with van der Waals surface area (Å²) in [6, 6.07) is 18.1. The Morgan fingerprint density at radius 1 is 0.692 bits per heavy atom. The molecular weight excluding hydrogens is 503 g/mol. The Hall–Kier alpha value is -1.46. The summed E-state index contributed by atoms with van der Waals surface area (Å²) in [6.45, 7) is 0. The minimum atomic E-state index is 0.196. The van der Waals surface area contributed by atoms with Crippen molar-refractivity contribution in [1.29, 1.82) is 0 Å². The number of aromatic hydroxyl groups is 2. The summed E-state index contributed by atoms with van der Waals surface area (Å²) in [7, 11) is 0. The molecule has 0 aliphatic rings. The second-order valence-corrected chi connectivity index (χ2v) is 8.14. The summed E-state index contributed by atoms with van der Waals surface area (Å²) >= 11 is 18.6. The summed E-state index contributed by atoms with van der Waals surface area (Å²) in [5.41, 5.74) is 0. The van der Waals surface area contributed by atoms with Gasteiger partial charge < -0.3 is 10.2 Å². The molecule has 0 aliphatic heterocycles. The van der Waals surface area contributed by atoms with Crippen molar-refractivity contribution in [2.24, 2.45) is 0 Å². The number of fused-ring (bicyclic) bond motifs is 2. The van der Waals surface area contributed by atoms with Gasteiger partial charge in [-0.15, -0.1) is 0 Å². The van der Waals surface area contributed by atoms with Crippen molar-refractivity contribution in [2.45, 2.75) is 0 Å². The van der Waals surface area contributed by atoms with E-state index in [0.717, 1.165) is 26.0 Å². The fourth-order valence-electron chi connectivity index (χ4n) is 2.51. The van der Waals surface area contributed by atoms with E-state index in [4.69, 9.17) is 23.2 Å². The van der Waals surface area contributed by atoms with E-state index in [1.165, 1.54) is 0 Å². The van der Waals surface area contributed by atoms with Gasteiger partial charge in [0.2, 0.25) is 0 Å². The molecule has 132 valence electrons. The van der Waals surface area contributed by atoms with Crippen LogP contribution in [0.1, 0.15) is 0 Å². The van der Waals surface area contributed by atoms with E-state index >= 15 is 0 Å². The lowest BCUT2D eigenvalue weighted by Gasteiger charge is -2.04. The van der Waals surface area contributed by atoms with Gasteiger partial charge in [0.1, 0.15) is 11.5 Å². The maximum absolute atomic E-state index is 9.49. The topological polar surface area (TPSA) is 40.5 Å². The van der Waals surface area contributed by atoms with E-state index in [2.05, 4.69) is 31.9 Å². The van der Waals surface area contributed by atoms with E-state index in [1.54, 1.807) is 24.3 Å². The van der Waals surface area contributed by atoms with Crippen molar-refractivity contribution in [1.82, 2.24) is 0 Å². The van der Waals surface area contributed by atoms with Crippen LogP contribution in [0.15, 0.2) is 69.6 Å². The monoisotopic (exact) mass is 512 g/mol. The SMILES string of the molecule is Oc1cc2c(Cl)cc(Br)cc2cc1Br.Oc1ccc2cccc(Cl)c2c1. The Bertz CT molecular complexity index is 1110. The molecule has 2 nitrogen and oxygen atoms in total. The van der Waals surface area contributed by atoms with E-state index < -0.39 is 0 Å². The van der Waals surface area contributed by atoms with Gasteiger partial charge in [0.05, 0.1) is 4.47 Å². The van der Waals surface area contributed by atoms with Gasteiger partial charge in [0.25, 0.3) is 0 Å². The second kappa shape index (κ2) is 8.05. The molecule has 6 heteroatoms. The second-order valence-electron chi connectivity index (χ2n) is 5.56. The first kappa shape index (κ1) is 19.3. The zero-order valence-electron chi connectivity index (χ0n) is 13.2. The van der Waals surface area contributed by atoms with Crippen molar-refractivity contribution >= 4 is 76.6 Å². The van der Waals surface area contributed by atoms with Gasteiger partial charge in [-0.2, -0.15) is 0 Å². The van der Waals surface area contributed by atoms with E-state index in [9.17, 15) is 10.2 Å². The first-order valence-corrected chi connectivity index (χ1v) is 9.84. The fraction of sp³-hybridized carbons (Fsp3) is 0. The van der Waals surface area contributed by atoms with Crippen molar-refractivity contribution in [3.05, 3.63) is 79.7 Å². The molecule has 0 aromatic heterocycles. The lowest BCUT2D eigenvalue weighted by atomic mass is 10.1. The zero-order chi connectivity index (χ0) is 18.8. The van der Waals surface area contributed by atoms with Gasteiger partial charge in [0, 0.05) is 25.3 Å². The smallest absolute Gasteiger partial charge is 0.130 e. The van der Waals surface area contributed by atoms with Crippen LogP contribution in [-0.2, 0) is 0 Å². The third-order valence-corrected chi connectivity index (χ3v) is 5.48. The molecule has 26 heavy (non-hydrogen) atoms. The van der Waals surface area contributed by atoms with Gasteiger partial charge in [-0.3, -0.25) is 0 Å². The Kier molecular flexibility index (Phi) is 5.98. The zero-order valence-corrected chi connectivity index (χ0v) is 17.9. The lowest BCUT2D eigenvalue weighted by molar-refractivity contribution is 0.473. The molecule has 0 spiro atoms. The summed E-state index contributed by atoms with van der Waals surface area (Å²) in [6.07, 6.45) is 0. The predicted molar refractivity (Wildman–Crippen MR) is 117 cm³/mol. The van der Waals surface area contributed by atoms with Crippen LogP contribution < -0.4 is 0 Å². The van der Waals surface area contributed by atoms with Crippen LogP contribution in [0.3, 0.4) is 0 Å². The Morgan fingerprint density at radius 2 is 1.42 bits per heavy atom. The molecule has 0 atom stereocenters. The maximum atomic E-state index is 9.49. The Balaban J connectivity index is 0.000000152. The Morgan fingerprint density at radius 3 is 2.19 bits per heavy atom. The van der Waals surface area contributed by atoms with E-state index in [1.807, 2.05) is 36.4 Å². The third kappa shape index (κ3) is 4.26. The minimum Gasteiger partial charge on any atom is -0.508 e. The molecule has 0 fully saturated rings. The summed E-state index contributed by atoms with van der Waals surface area (Å²) in [5, 5.41) is 23.7. The van der Waals surface area contributed by atoms with Crippen molar-refractivity contribution < 1.29 is 10.2 Å². The largest absolute Gasteiger partial charge is 0.508 e. The predicted octanol–water partition coefficient (Wildman–Crippen LogP) is 7.92. The first-order valence-electron chi connectivity index (χ1n) is 7.49. The molecule has 0 unspecified atom stereocenters. The van der Waals surface area contributed by atoms with Crippen LogP contribution in [-0.4, -0.2) is 10.2 Å². The third-order valence-electron chi connectivity index (χ3n) is 3.75. The van der Waals surface area contributed by atoms with Crippen molar-refractivity contribution in [3.8, 4) is 11.5 Å². The quantitative estimate of drug-likeness (QED) is 0.250. The van der Waals surface area contributed by atoms with Crippen molar-refractivity contribution in [2.75, 3.05) is 0 Å². The summed E-state index contributed by atoms with van der Waals surface area (Å²) in [4.78, 5) is 0. The number of hydrogen-bond donors (Lipinski definition) is 2. The average Bonchev–Trinajstić information content (AvgIpc) is 2.58. The Labute approximate surface area is 177 Å². The van der Waals surface area contributed by atoms with Crippen molar-refractivity contribution in [3.63, 3.8) is 0 Å². The van der Waals surface area contributed by atoms with Crippen LogP contribution in [0.5, 0.6) is 11.5 Å². The van der Waals surface area contributed by atoms with Gasteiger partial charge in [-0.25, -0.2) is 0 Å². The fourth-order valence-corrected chi connectivity index (χ4v) is 4.00. The highest BCUT2D eigenvalue weighted by atomic mass is 79.9. The highest BCUT2D eigenvalue weighted by Crippen LogP contribution is 2.35. The molecule has 0 saturated heterocycles.